The number of nitrogens with zero attached hydrogens (tertiary/aromatic N) is 2. The molecule has 10 heteroatoms. The number of hydrogen-bond donors (Lipinski definition) is 0. The summed E-state index contributed by atoms with van der Waals surface area (Å²) in [6.45, 7) is 0.363. The van der Waals surface area contributed by atoms with Crippen LogP contribution in [-0.2, 0) is 16.1 Å². The van der Waals surface area contributed by atoms with Crippen LogP contribution < -0.4 is 118 Å². The molecule has 0 amide bonds. The molecular formula is C17H11ClK2N2O5. The summed E-state index contributed by atoms with van der Waals surface area (Å²) in [5.74, 6) is -3.93. The molecule has 3 aromatic rings. The number of carboxylic acids is 2. The normalized spacial score (nSPS) is 10.1. The van der Waals surface area contributed by atoms with Crippen LogP contribution in [0.25, 0.3) is 10.9 Å². The molecule has 0 saturated heterocycles. The van der Waals surface area contributed by atoms with Gasteiger partial charge in [-0.1, -0.05) is 35.9 Å². The number of benzene rings is 2. The summed E-state index contributed by atoms with van der Waals surface area (Å²) in [6, 6.07) is 14.0. The third kappa shape index (κ3) is 6.35. The van der Waals surface area contributed by atoms with Gasteiger partial charge in [-0.05, 0) is 29.8 Å². The third-order valence-corrected chi connectivity index (χ3v) is 3.78. The molecule has 1 aromatic heterocycles. The van der Waals surface area contributed by atoms with Crippen molar-refractivity contribution in [1.82, 2.24) is 9.78 Å². The van der Waals surface area contributed by atoms with Gasteiger partial charge in [0.15, 0.2) is 6.10 Å². The number of rotatable bonds is 6. The Morgan fingerprint density at radius 2 is 1.63 bits per heavy atom. The van der Waals surface area contributed by atoms with E-state index in [9.17, 15) is 19.8 Å². The van der Waals surface area contributed by atoms with E-state index in [0.29, 0.717) is 22.5 Å². The maximum Gasteiger partial charge on any atom is 1.00 e. The third-order valence-electron chi connectivity index (χ3n) is 3.53. The van der Waals surface area contributed by atoms with E-state index in [-0.39, 0.29) is 109 Å². The second-order valence-corrected chi connectivity index (χ2v) is 5.68. The Kier molecular flexibility index (Phi) is 10.7. The number of aromatic nitrogens is 2. The minimum absolute atomic E-state index is 0. The number of ether oxygens (including phenoxy) is 1. The summed E-state index contributed by atoms with van der Waals surface area (Å²) in [6.07, 6.45) is -2.25. The quantitative estimate of drug-likeness (QED) is 0.281. The van der Waals surface area contributed by atoms with E-state index < -0.39 is 18.0 Å². The molecule has 2 aromatic carbocycles. The fraction of sp³-hybridized carbons (Fsp3) is 0.118. The van der Waals surface area contributed by atoms with Gasteiger partial charge in [0.2, 0.25) is 5.88 Å². The SMILES string of the molecule is O=C([O-])C(Oc1nn(Cc2ccc(Cl)cc2)c2ccccc12)C(=O)[O-].[K+].[K+]. The van der Waals surface area contributed by atoms with Gasteiger partial charge in [0.25, 0.3) is 0 Å². The summed E-state index contributed by atoms with van der Waals surface area (Å²) >= 11 is 5.86. The van der Waals surface area contributed by atoms with Gasteiger partial charge in [0.05, 0.1) is 29.4 Å². The Morgan fingerprint density at radius 1 is 1.04 bits per heavy atom. The number of carboxylic acid groups (broad SMARTS) is 2. The summed E-state index contributed by atoms with van der Waals surface area (Å²) in [5.41, 5.74) is 1.56. The molecule has 0 spiro atoms. The van der Waals surface area contributed by atoms with Gasteiger partial charge in [0, 0.05) is 5.02 Å². The molecule has 0 aliphatic carbocycles. The van der Waals surface area contributed by atoms with Crippen molar-refractivity contribution in [2.75, 3.05) is 0 Å². The van der Waals surface area contributed by atoms with E-state index >= 15 is 0 Å². The van der Waals surface area contributed by atoms with Crippen LogP contribution in [0.5, 0.6) is 5.88 Å². The number of hydrogen-bond acceptors (Lipinski definition) is 6. The van der Waals surface area contributed by atoms with E-state index in [1.807, 2.05) is 12.1 Å². The molecular weight excluding hydrogens is 426 g/mol. The van der Waals surface area contributed by atoms with Crippen LogP contribution in [0.4, 0.5) is 0 Å². The summed E-state index contributed by atoms with van der Waals surface area (Å²) in [5, 5.41) is 27.1. The fourth-order valence-electron chi connectivity index (χ4n) is 2.37. The fourth-order valence-corrected chi connectivity index (χ4v) is 2.50. The van der Waals surface area contributed by atoms with Crippen LogP contribution in [-0.4, -0.2) is 27.8 Å². The Morgan fingerprint density at radius 3 is 2.22 bits per heavy atom. The zero-order valence-electron chi connectivity index (χ0n) is 14.7. The molecule has 0 fully saturated rings. The maximum absolute atomic E-state index is 10.9. The molecule has 0 unspecified atom stereocenters. The number of aliphatic carboxylic acids is 2. The molecule has 27 heavy (non-hydrogen) atoms. The second kappa shape index (κ2) is 11.4. The Labute approximate surface area is 244 Å². The minimum Gasteiger partial charge on any atom is -0.546 e. The number of para-hydroxylation sites is 1. The largest absolute Gasteiger partial charge is 1.00 e. The van der Waals surface area contributed by atoms with E-state index in [1.54, 1.807) is 41.1 Å². The topological polar surface area (TPSA) is 107 Å². The molecule has 1 heterocycles. The molecule has 0 aliphatic heterocycles. The van der Waals surface area contributed by atoms with Crippen molar-refractivity contribution in [2.45, 2.75) is 12.6 Å². The van der Waals surface area contributed by atoms with Crippen LogP contribution in [0, 0.1) is 0 Å². The van der Waals surface area contributed by atoms with E-state index in [4.69, 9.17) is 16.3 Å². The van der Waals surface area contributed by atoms with E-state index in [0.717, 1.165) is 5.56 Å². The van der Waals surface area contributed by atoms with Crippen LogP contribution >= 0.6 is 11.6 Å². The first-order chi connectivity index (χ1) is 12.0. The van der Waals surface area contributed by atoms with Crippen LogP contribution in [0.15, 0.2) is 48.5 Å². The Bertz CT molecular complexity index is 932. The molecule has 0 atom stereocenters. The van der Waals surface area contributed by atoms with Crippen molar-refractivity contribution < 1.29 is 127 Å². The number of halogens is 1. The van der Waals surface area contributed by atoms with E-state index in [2.05, 4.69) is 5.10 Å². The first kappa shape index (κ1) is 25.2. The number of fused-ring (bicyclic) bond motifs is 1. The maximum atomic E-state index is 10.9. The van der Waals surface area contributed by atoms with Gasteiger partial charge in [-0.15, -0.1) is 5.10 Å². The molecule has 0 saturated carbocycles. The van der Waals surface area contributed by atoms with Crippen molar-refractivity contribution in [3.63, 3.8) is 0 Å². The van der Waals surface area contributed by atoms with Gasteiger partial charge >= 0.3 is 103 Å². The first-order valence-electron chi connectivity index (χ1n) is 7.24. The number of carbonyl (C=O) groups excluding carboxylic acids is 2. The predicted octanol–water partition coefficient (Wildman–Crippen LogP) is -6.01. The van der Waals surface area contributed by atoms with Gasteiger partial charge in [-0.2, -0.15) is 0 Å². The molecule has 0 bridgehead atoms. The predicted molar refractivity (Wildman–Crippen MR) is 84.7 cm³/mol. The molecule has 0 radical (unpaired) electrons. The van der Waals surface area contributed by atoms with Crippen molar-refractivity contribution in [3.05, 3.63) is 59.1 Å². The molecule has 0 N–H and O–H groups in total. The van der Waals surface area contributed by atoms with Crippen molar-refractivity contribution in [2.24, 2.45) is 0 Å². The standard InChI is InChI=1S/C17H13ClN2O5.2K/c18-11-7-5-10(6-8-11)9-20-13-4-2-1-3-12(13)15(19-20)25-14(16(21)22)17(23)24;;/h1-8,14H,9H2,(H,21,22)(H,23,24);;/q;2*+1/p-2. The average molecular weight is 437 g/mol. The van der Waals surface area contributed by atoms with Crippen molar-refractivity contribution >= 4 is 34.4 Å². The van der Waals surface area contributed by atoms with Gasteiger partial charge < -0.3 is 24.5 Å². The monoisotopic (exact) mass is 436 g/mol. The molecule has 0 aliphatic rings. The van der Waals surface area contributed by atoms with Gasteiger partial charge in [-0.25, -0.2) is 0 Å². The summed E-state index contributed by atoms with van der Waals surface area (Å²) in [7, 11) is 0. The Balaban J connectivity index is 0.00000182. The van der Waals surface area contributed by atoms with Crippen molar-refractivity contribution in [3.8, 4) is 5.88 Å². The van der Waals surface area contributed by atoms with Crippen LogP contribution in [0.2, 0.25) is 5.02 Å². The van der Waals surface area contributed by atoms with E-state index in [1.165, 1.54) is 0 Å². The second-order valence-electron chi connectivity index (χ2n) is 5.24. The van der Waals surface area contributed by atoms with Crippen molar-refractivity contribution in [1.29, 1.82) is 0 Å². The first-order valence-corrected chi connectivity index (χ1v) is 7.62. The van der Waals surface area contributed by atoms with Crippen LogP contribution in [0.3, 0.4) is 0 Å². The van der Waals surface area contributed by atoms with Gasteiger partial charge in [-0.3, -0.25) is 4.68 Å². The zero-order valence-corrected chi connectivity index (χ0v) is 21.7. The summed E-state index contributed by atoms with van der Waals surface area (Å²) in [4.78, 5) is 21.8. The molecule has 7 nitrogen and oxygen atoms in total. The van der Waals surface area contributed by atoms with Gasteiger partial charge in [0.1, 0.15) is 0 Å². The summed E-state index contributed by atoms with van der Waals surface area (Å²) < 4.78 is 6.59. The van der Waals surface area contributed by atoms with Crippen LogP contribution in [0.1, 0.15) is 5.56 Å². The zero-order chi connectivity index (χ0) is 18.0. The number of carbonyl (C=O) groups is 2. The minimum atomic E-state index is -2.25. The molecule has 128 valence electrons. The Hall–Kier alpha value is 0.213. The smallest absolute Gasteiger partial charge is 0.546 e. The average Bonchev–Trinajstić information content (AvgIpc) is 2.92. The molecule has 3 rings (SSSR count).